The standard InChI is InChI=1S/C33H26NO2P/c35-31(26-16-6-1-7-17-26)33(34-32(36)27-18-8-2-9-19-27)37(28-20-10-3-11-21-28,29-22-12-4-13-23-29)30-24-14-5-15-25-30/h1-25,33H/p+1/t33-/m1/s1. The van der Waals surface area contributed by atoms with Crippen molar-refractivity contribution >= 4 is 34.9 Å². The van der Waals surface area contributed by atoms with E-state index < -0.39 is 13.0 Å². The Morgan fingerprint density at radius 3 is 1.16 bits per heavy atom. The molecule has 0 aliphatic carbocycles. The third-order valence-electron chi connectivity index (χ3n) is 6.49. The fraction of sp³-hybridized carbons (Fsp3) is 0.0303. The van der Waals surface area contributed by atoms with Crippen molar-refractivity contribution in [1.82, 2.24) is 5.32 Å². The summed E-state index contributed by atoms with van der Waals surface area (Å²) in [7, 11) is -2.74. The molecule has 180 valence electrons. The van der Waals surface area contributed by atoms with Gasteiger partial charge in [-0.25, -0.2) is 0 Å². The van der Waals surface area contributed by atoms with Gasteiger partial charge < -0.3 is 5.32 Å². The Bertz CT molecular complexity index is 1360. The molecule has 1 N–H and O–H groups in total. The van der Waals surface area contributed by atoms with Crippen LogP contribution in [0.15, 0.2) is 152 Å². The number of amides is 1. The summed E-state index contributed by atoms with van der Waals surface area (Å²) < 4.78 is 0. The maximum atomic E-state index is 14.5. The molecule has 0 spiro atoms. The molecular formula is C33H27NO2P+. The first kappa shape index (κ1) is 24.4. The first-order valence-corrected chi connectivity index (χ1v) is 14.1. The SMILES string of the molecule is O=C(N[C@@H](C(=O)c1ccccc1)[P+](c1ccccc1)(c1ccccc1)c1ccccc1)c1ccccc1. The Hall–Kier alpha value is -4.33. The Morgan fingerprint density at radius 2 is 0.784 bits per heavy atom. The Kier molecular flexibility index (Phi) is 7.35. The van der Waals surface area contributed by atoms with Gasteiger partial charge in [-0.3, -0.25) is 9.59 Å². The fourth-order valence-electron chi connectivity index (χ4n) is 4.78. The van der Waals surface area contributed by atoms with Gasteiger partial charge in [0.1, 0.15) is 23.2 Å². The van der Waals surface area contributed by atoms with Gasteiger partial charge in [-0.15, -0.1) is 0 Å². The quantitative estimate of drug-likeness (QED) is 0.222. The molecule has 37 heavy (non-hydrogen) atoms. The predicted octanol–water partition coefficient (Wildman–Crippen LogP) is 5.62. The fourth-order valence-corrected chi connectivity index (χ4v) is 9.31. The van der Waals surface area contributed by atoms with Crippen LogP contribution in [0.3, 0.4) is 0 Å². The van der Waals surface area contributed by atoms with Crippen molar-refractivity contribution in [1.29, 1.82) is 0 Å². The van der Waals surface area contributed by atoms with Gasteiger partial charge in [0.2, 0.25) is 11.6 Å². The molecule has 1 amide bonds. The van der Waals surface area contributed by atoms with Gasteiger partial charge >= 0.3 is 0 Å². The van der Waals surface area contributed by atoms with E-state index in [1.54, 1.807) is 12.1 Å². The zero-order chi connectivity index (χ0) is 25.5. The van der Waals surface area contributed by atoms with Gasteiger partial charge in [-0.05, 0) is 48.5 Å². The molecule has 0 aromatic heterocycles. The van der Waals surface area contributed by atoms with Crippen molar-refractivity contribution in [3.8, 4) is 0 Å². The number of rotatable bonds is 8. The number of nitrogens with one attached hydrogen (secondary N) is 1. The Balaban J connectivity index is 1.81. The summed E-state index contributed by atoms with van der Waals surface area (Å²) in [6.07, 6.45) is 0. The second kappa shape index (κ2) is 11.2. The second-order valence-electron chi connectivity index (χ2n) is 8.70. The molecule has 5 aromatic carbocycles. The number of hydrogen-bond acceptors (Lipinski definition) is 2. The van der Waals surface area contributed by atoms with Gasteiger partial charge in [0, 0.05) is 11.1 Å². The number of Topliss-reactive ketones (excluding diaryl/α,β-unsaturated/α-hetero) is 1. The smallest absolute Gasteiger partial charge is 0.254 e. The number of carbonyl (C=O) groups excluding carboxylic acids is 2. The molecule has 0 heterocycles. The molecule has 4 heteroatoms. The van der Waals surface area contributed by atoms with Crippen LogP contribution < -0.4 is 21.2 Å². The van der Waals surface area contributed by atoms with Crippen LogP contribution >= 0.6 is 7.26 Å². The van der Waals surface area contributed by atoms with E-state index in [9.17, 15) is 9.59 Å². The first-order chi connectivity index (χ1) is 18.2. The van der Waals surface area contributed by atoms with Crippen LogP contribution in [0.1, 0.15) is 20.7 Å². The monoisotopic (exact) mass is 500 g/mol. The Morgan fingerprint density at radius 1 is 0.459 bits per heavy atom. The van der Waals surface area contributed by atoms with Crippen molar-refractivity contribution in [3.05, 3.63) is 163 Å². The molecular weight excluding hydrogens is 473 g/mol. The average molecular weight is 501 g/mol. The van der Waals surface area contributed by atoms with Gasteiger partial charge in [0.25, 0.3) is 5.91 Å². The van der Waals surface area contributed by atoms with Crippen molar-refractivity contribution < 1.29 is 9.59 Å². The van der Waals surface area contributed by atoms with Crippen molar-refractivity contribution in [2.75, 3.05) is 0 Å². The van der Waals surface area contributed by atoms with E-state index in [0.717, 1.165) is 15.9 Å². The molecule has 5 rings (SSSR count). The summed E-state index contributed by atoms with van der Waals surface area (Å²) in [5.74, 6) is -1.22. The van der Waals surface area contributed by atoms with Gasteiger partial charge in [0.15, 0.2) is 0 Å². The Labute approximate surface area is 218 Å². The minimum absolute atomic E-state index is 0.116. The number of hydrogen-bond donors (Lipinski definition) is 1. The highest BCUT2D eigenvalue weighted by molar-refractivity contribution is 7.96. The topological polar surface area (TPSA) is 46.2 Å². The zero-order valence-corrected chi connectivity index (χ0v) is 21.2. The molecule has 1 atom stereocenters. The second-order valence-corrected chi connectivity index (χ2v) is 12.2. The van der Waals surface area contributed by atoms with Crippen molar-refractivity contribution in [2.45, 2.75) is 5.78 Å². The maximum Gasteiger partial charge on any atom is 0.254 e. The van der Waals surface area contributed by atoms with Crippen LogP contribution in [0.5, 0.6) is 0 Å². The summed E-state index contributed by atoms with van der Waals surface area (Å²) >= 11 is 0. The van der Waals surface area contributed by atoms with Crippen LogP contribution in [0.25, 0.3) is 0 Å². The lowest BCUT2D eigenvalue weighted by Gasteiger charge is -2.34. The molecule has 0 radical (unpaired) electrons. The summed E-state index contributed by atoms with van der Waals surface area (Å²) in [5, 5.41) is 6.30. The molecule has 0 aliphatic heterocycles. The van der Waals surface area contributed by atoms with Gasteiger partial charge in [-0.1, -0.05) is 103 Å². The minimum atomic E-state index is -2.74. The van der Waals surface area contributed by atoms with Crippen LogP contribution in [0, 0.1) is 0 Å². The van der Waals surface area contributed by atoms with Gasteiger partial charge in [-0.2, -0.15) is 0 Å². The van der Waals surface area contributed by atoms with Crippen LogP contribution in [-0.4, -0.2) is 17.5 Å². The highest BCUT2D eigenvalue weighted by Crippen LogP contribution is 2.59. The van der Waals surface area contributed by atoms with E-state index >= 15 is 0 Å². The molecule has 3 nitrogen and oxygen atoms in total. The van der Waals surface area contributed by atoms with Crippen LogP contribution in [0.2, 0.25) is 0 Å². The van der Waals surface area contributed by atoms with Gasteiger partial charge in [0.05, 0.1) is 0 Å². The third kappa shape index (κ3) is 4.87. The molecule has 0 bridgehead atoms. The zero-order valence-electron chi connectivity index (χ0n) is 20.3. The summed E-state index contributed by atoms with van der Waals surface area (Å²) in [4.78, 5) is 28.2. The predicted molar refractivity (Wildman–Crippen MR) is 154 cm³/mol. The van der Waals surface area contributed by atoms with E-state index in [0.29, 0.717) is 11.1 Å². The highest BCUT2D eigenvalue weighted by atomic mass is 31.2. The molecule has 0 fully saturated rings. The largest absolute Gasteiger partial charge is 0.310 e. The average Bonchev–Trinajstić information content (AvgIpc) is 2.99. The van der Waals surface area contributed by atoms with E-state index in [4.69, 9.17) is 0 Å². The van der Waals surface area contributed by atoms with E-state index in [1.165, 1.54) is 0 Å². The van der Waals surface area contributed by atoms with E-state index in [1.807, 2.05) is 103 Å². The van der Waals surface area contributed by atoms with Crippen molar-refractivity contribution in [3.63, 3.8) is 0 Å². The van der Waals surface area contributed by atoms with Crippen LogP contribution in [-0.2, 0) is 0 Å². The molecule has 0 unspecified atom stereocenters. The highest BCUT2D eigenvalue weighted by Gasteiger charge is 2.56. The number of carbonyl (C=O) groups is 2. The third-order valence-corrected chi connectivity index (χ3v) is 11.0. The maximum absolute atomic E-state index is 14.5. The summed E-state index contributed by atoms with van der Waals surface area (Å²) in [5.41, 5.74) is 1.08. The first-order valence-electron chi connectivity index (χ1n) is 12.2. The van der Waals surface area contributed by atoms with E-state index in [2.05, 4.69) is 41.7 Å². The molecule has 5 aromatic rings. The molecule has 0 aliphatic rings. The van der Waals surface area contributed by atoms with Crippen LogP contribution in [0.4, 0.5) is 0 Å². The lowest BCUT2D eigenvalue weighted by molar-refractivity contribution is 0.0890. The molecule has 0 saturated heterocycles. The van der Waals surface area contributed by atoms with E-state index in [-0.39, 0.29) is 11.7 Å². The molecule has 0 saturated carbocycles. The lowest BCUT2D eigenvalue weighted by Crippen LogP contribution is -2.51. The summed E-state index contributed by atoms with van der Waals surface area (Å²) in [6, 6.07) is 48.7. The lowest BCUT2D eigenvalue weighted by atomic mass is 10.1. The number of benzene rings is 5. The minimum Gasteiger partial charge on any atom is -0.310 e. The normalized spacial score (nSPS) is 11.9. The number of ketones is 1. The summed E-state index contributed by atoms with van der Waals surface area (Å²) in [6.45, 7) is 0. The van der Waals surface area contributed by atoms with Crippen molar-refractivity contribution in [2.24, 2.45) is 0 Å².